The molecule has 1 aromatic heterocycles. The Balaban J connectivity index is 1.66. The topological polar surface area (TPSA) is 105 Å². The summed E-state index contributed by atoms with van der Waals surface area (Å²) in [6, 6.07) is 28.9. The van der Waals surface area contributed by atoms with Crippen LogP contribution >= 0.6 is 15.9 Å². The first kappa shape index (κ1) is 24.4. The van der Waals surface area contributed by atoms with Crippen molar-refractivity contribution in [2.45, 2.75) is 36.4 Å². The van der Waals surface area contributed by atoms with E-state index in [4.69, 9.17) is 4.74 Å². The molecule has 1 fully saturated rings. The largest absolute Gasteiger partial charge is 0.390 e. The van der Waals surface area contributed by atoms with Crippen LogP contribution in [0, 0.1) is 0 Å². The number of hydrogen-bond acceptors (Lipinski definition) is 5. The van der Waals surface area contributed by atoms with Gasteiger partial charge in [0.1, 0.15) is 18.4 Å². The molecular weight excluding hydrogens is 524 g/mol. The number of rotatable bonds is 6. The number of aromatic amines is 1. The lowest BCUT2D eigenvalue weighted by atomic mass is 9.64. The van der Waals surface area contributed by atoms with Gasteiger partial charge in [-0.15, -0.1) is 0 Å². The molecule has 7 nitrogen and oxygen atoms in total. The lowest BCUT2D eigenvalue weighted by Crippen LogP contribution is -2.51. The van der Waals surface area contributed by atoms with Crippen molar-refractivity contribution < 1.29 is 14.9 Å². The summed E-state index contributed by atoms with van der Waals surface area (Å²) in [6.07, 6.45) is -2.81. The van der Waals surface area contributed by atoms with Crippen molar-refractivity contribution in [1.29, 1.82) is 0 Å². The second-order valence-corrected chi connectivity index (χ2v) is 9.71. The van der Waals surface area contributed by atoms with Crippen LogP contribution in [0.2, 0.25) is 0 Å². The summed E-state index contributed by atoms with van der Waals surface area (Å²) in [4.78, 5) is 26.5. The van der Waals surface area contributed by atoms with Gasteiger partial charge in [0.2, 0.25) is 0 Å². The van der Waals surface area contributed by atoms with Crippen LogP contribution in [0.5, 0.6) is 0 Å². The lowest BCUT2D eigenvalue weighted by Gasteiger charge is -2.42. The lowest BCUT2D eigenvalue weighted by molar-refractivity contribution is -0.0976. The Kier molecular flexibility index (Phi) is 6.77. The van der Waals surface area contributed by atoms with Crippen LogP contribution in [0.1, 0.15) is 29.3 Å². The normalized spacial score (nSPS) is 20.8. The van der Waals surface area contributed by atoms with E-state index in [1.54, 1.807) is 0 Å². The molecule has 8 heteroatoms. The number of aliphatic hydroxyl groups is 2. The van der Waals surface area contributed by atoms with Crippen LogP contribution in [0.3, 0.4) is 0 Å². The molecule has 0 radical (unpaired) electrons. The molecule has 184 valence electrons. The minimum absolute atomic E-state index is 0.0641. The Morgan fingerprint density at radius 1 is 0.889 bits per heavy atom. The quantitative estimate of drug-likeness (QED) is 0.320. The third kappa shape index (κ3) is 4.16. The van der Waals surface area contributed by atoms with E-state index in [1.165, 1.54) is 10.8 Å². The van der Waals surface area contributed by atoms with Gasteiger partial charge < -0.3 is 14.9 Å². The Bertz CT molecular complexity index is 1340. The van der Waals surface area contributed by atoms with Gasteiger partial charge in [0.05, 0.1) is 16.0 Å². The summed E-state index contributed by atoms with van der Waals surface area (Å²) in [5, 5.41) is 23.3. The van der Waals surface area contributed by atoms with Crippen LogP contribution in [-0.2, 0) is 10.2 Å². The molecule has 3 aromatic carbocycles. The standard InChI is InChI=1S/C28H25BrN2O5/c29-21-17-31(27(35)30-26(21)34)23-16-22(32)24(36-23)25(33)28(18-10-4-1-5-11-18,19-12-6-2-7-13-19)20-14-8-3-9-15-20/h1-15,17,22-25,32-33H,16H2,(H,30,34,35)/t22-,23+,24+,25?/m0/s1. The van der Waals surface area contributed by atoms with E-state index in [0.717, 1.165) is 16.7 Å². The third-order valence-corrected chi connectivity index (χ3v) is 7.38. The van der Waals surface area contributed by atoms with Crippen molar-refractivity contribution in [2.24, 2.45) is 0 Å². The molecular formula is C28H25BrN2O5. The SMILES string of the molecule is O=c1[nH]c(=O)n([C@H]2C[C@H](O)[C@H](C(O)C(c3ccccc3)(c3ccccc3)c3ccccc3)O2)cc1Br. The van der Waals surface area contributed by atoms with Gasteiger partial charge in [-0.3, -0.25) is 14.3 Å². The summed E-state index contributed by atoms with van der Waals surface area (Å²) >= 11 is 3.14. The van der Waals surface area contributed by atoms with Crippen molar-refractivity contribution in [1.82, 2.24) is 9.55 Å². The highest BCUT2D eigenvalue weighted by Gasteiger charge is 2.52. The second kappa shape index (κ2) is 9.99. The fourth-order valence-electron chi connectivity index (χ4n) is 5.17. The van der Waals surface area contributed by atoms with E-state index < -0.39 is 41.2 Å². The van der Waals surface area contributed by atoms with Crippen molar-refractivity contribution >= 4 is 15.9 Å². The van der Waals surface area contributed by atoms with Gasteiger partial charge in [0, 0.05) is 12.6 Å². The highest BCUT2D eigenvalue weighted by molar-refractivity contribution is 9.10. The zero-order valence-electron chi connectivity index (χ0n) is 19.2. The van der Waals surface area contributed by atoms with Gasteiger partial charge in [-0.25, -0.2) is 4.79 Å². The van der Waals surface area contributed by atoms with Crippen LogP contribution < -0.4 is 11.2 Å². The highest BCUT2D eigenvalue weighted by atomic mass is 79.9. The molecule has 1 saturated heterocycles. The highest BCUT2D eigenvalue weighted by Crippen LogP contribution is 2.46. The van der Waals surface area contributed by atoms with Gasteiger partial charge in [-0.05, 0) is 32.6 Å². The first-order valence-corrected chi connectivity index (χ1v) is 12.4. The van der Waals surface area contributed by atoms with Crippen LogP contribution in [0.25, 0.3) is 0 Å². The number of hydrogen-bond donors (Lipinski definition) is 3. The van der Waals surface area contributed by atoms with Crippen molar-refractivity contribution in [3.8, 4) is 0 Å². The number of aromatic nitrogens is 2. The zero-order valence-corrected chi connectivity index (χ0v) is 20.8. The molecule has 0 bridgehead atoms. The second-order valence-electron chi connectivity index (χ2n) is 8.85. The van der Waals surface area contributed by atoms with Crippen molar-refractivity contribution in [3.63, 3.8) is 0 Å². The van der Waals surface area contributed by atoms with E-state index in [0.29, 0.717) is 0 Å². The van der Waals surface area contributed by atoms with Crippen LogP contribution in [0.15, 0.2) is 111 Å². The molecule has 4 atom stereocenters. The number of ether oxygens (including phenoxy) is 1. The van der Waals surface area contributed by atoms with E-state index in [9.17, 15) is 19.8 Å². The summed E-state index contributed by atoms with van der Waals surface area (Å²) in [5.74, 6) is 0. The number of benzene rings is 3. The van der Waals surface area contributed by atoms with Crippen LogP contribution in [0.4, 0.5) is 0 Å². The van der Waals surface area contributed by atoms with Gasteiger partial charge in [0.15, 0.2) is 0 Å². The first-order valence-electron chi connectivity index (χ1n) is 11.6. The molecule has 5 rings (SSSR count). The van der Waals surface area contributed by atoms with E-state index >= 15 is 0 Å². The molecule has 1 aliphatic heterocycles. The predicted molar refractivity (Wildman–Crippen MR) is 139 cm³/mol. The van der Waals surface area contributed by atoms with Gasteiger partial charge >= 0.3 is 5.69 Å². The van der Waals surface area contributed by atoms with Crippen LogP contribution in [-0.4, -0.2) is 38.1 Å². The predicted octanol–water partition coefficient (Wildman–Crippen LogP) is 3.34. The maximum atomic E-state index is 12.5. The molecule has 0 saturated carbocycles. The van der Waals surface area contributed by atoms with E-state index in [2.05, 4.69) is 20.9 Å². The minimum atomic E-state index is -1.23. The first-order chi connectivity index (χ1) is 17.4. The molecule has 1 unspecified atom stereocenters. The number of aliphatic hydroxyl groups excluding tert-OH is 2. The number of nitrogens with zero attached hydrogens (tertiary/aromatic N) is 1. The van der Waals surface area contributed by atoms with Gasteiger partial charge in [-0.2, -0.15) is 0 Å². The number of halogens is 1. The molecule has 0 spiro atoms. The third-order valence-electron chi connectivity index (χ3n) is 6.81. The van der Waals surface area contributed by atoms with Gasteiger partial charge in [0.25, 0.3) is 5.56 Å². The average Bonchev–Trinajstić information content (AvgIpc) is 3.29. The number of H-pyrrole nitrogens is 1. The maximum Gasteiger partial charge on any atom is 0.330 e. The minimum Gasteiger partial charge on any atom is -0.390 e. The summed E-state index contributed by atoms with van der Waals surface area (Å²) in [7, 11) is 0. The molecule has 1 aliphatic rings. The molecule has 0 amide bonds. The summed E-state index contributed by atoms with van der Waals surface area (Å²) < 4.78 is 7.57. The average molecular weight is 549 g/mol. The molecule has 0 aliphatic carbocycles. The Morgan fingerprint density at radius 2 is 1.36 bits per heavy atom. The van der Waals surface area contributed by atoms with Crippen molar-refractivity contribution in [2.75, 3.05) is 0 Å². The Labute approximate surface area is 215 Å². The monoisotopic (exact) mass is 548 g/mol. The summed E-state index contributed by atoms with van der Waals surface area (Å²) in [5.41, 5.74) is 0.203. The van der Waals surface area contributed by atoms with Crippen molar-refractivity contribution in [3.05, 3.63) is 139 Å². The van der Waals surface area contributed by atoms with E-state index in [-0.39, 0.29) is 10.9 Å². The zero-order chi connectivity index (χ0) is 25.3. The smallest absolute Gasteiger partial charge is 0.330 e. The molecule has 4 aromatic rings. The summed E-state index contributed by atoms with van der Waals surface area (Å²) in [6.45, 7) is 0. The van der Waals surface area contributed by atoms with E-state index in [1.807, 2.05) is 91.0 Å². The number of nitrogens with one attached hydrogen (secondary N) is 1. The Hall–Kier alpha value is -3.30. The van der Waals surface area contributed by atoms with Gasteiger partial charge in [-0.1, -0.05) is 91.0 Å². The molecule has 3 N–H and O–H groups in total. The Morgan fingerprint density at radius 3 is 1.83 bits per heavy atom. The fourth-order valence-corrected chi connectivity index (χ4v) is 5.49. The molecule has 2 heterocycles. The fraction of sp³-hybridized carbons (Fsp3) is 0.214. The molecule has 36 heavy (non-hydrogen) atoms. The maximum absolute atomic E-state index is 12.5.